The van der Waals surface area contributed by atoms with Crippen LogP contribution in [-0.4, -0.2) is 41.1 Å². The Kier molecular flexibility index (Phi) is 7.24. The van der Waals surface area contributed by atoms with Gasteiger partial charge in [-0.1, -0.05) is 18.2 Å². The van der Waals surface area contributed by atoms with Gasteiger partial charge in [0.1, 0.15) is 5.82 Å². The van der Waals surface area contributed by atoms with E-state index in [0.717, 1.165) is 53.9 Å². The molecule has 1 atom stereocenters. The lowest BCUT2D eigenvalue weighted by molar-refractivity contribution is 0.0784. The van der Waals surface area contributed by atoms with E-state index in [-0.39, 0.29) is 24.1 Å². The number of aromatic nitrogens is 2. The molecule has 1 aliphatic rings. The minimum atomic E-state index is -0.281. The normalized spacial score (nSPS) is 15.6. The topological polar surface area (TPSA) is 61.0 Å². The van der Waals surface area contributed by atoms with Gasteiger partial charge in [-0.2, -0.15) is 5.10 Å². The predicted octanol–water partition coefficient (Wildman–Crippen LogP) is 4.06. The first-order valence-electron chi connectivity index (χ1n) is 9.94. The lowest BCUT2D eigenvalue weighted by Crippen LogP contribution is -2.27. The molecule has 1 unspecified atom stereocenters. The molecular weight excluding hydrogens is 403 g/mol. The van der Waals surface area contributed by atoms with Gasteiger partial charge in [0.15, 0.2) is 0 Å². The lowest BCUT2D eigenvalue weighted by Gasteiger charge is -2.20. The molecule has 5 nitrogen and oxygen atoms in total. The van der Waals surface area contributed by atoms with Gasteiger partial charge in [0.05, 0.1) is 11.9 Å². The van der Waals surface area contributed by atoms with E-state index in [9.17, 15) is 9.18 Å². The number of halogens is 2. The molecule has 30 heavy (non-hydrogen) atoms. The molecule has 2 heterocycles. The van der Waals surface area contributed by atoms with Crippen molar-refractivity contribution in [1.29, 1.82) is 0 Å². The molecule has 0 radical (unpaired) electrons. The Morgan fingerprint density at radius 3 is 2.67 bits per heavy atom. The van der Waals surface area contributed by atoms with Gasteiger partial charge in [-0.05, 0) is 67.7 Å². The van der Waals surface area contributed by atoms with Crippen molar-refractivity contribution in [2.75, 3.05) is 20.1 Å². The second-order valence-corrected chi connectivity index (χ2v) is 7.66. The number of hydrogen-bond donors (Lipinski definition) is 2. The lowest BCUT2D eigenvalue weighted by atomic mass is 9.94. The van der Waals surface area contributed by atoms with Crippen molar-refractivity contribution in [2.24, 2.45) is 5.92 Å². The van der Waals surface area contributed by atoms with Crippen LogP contribution in [-0.2, 0) is 13.0 Å². The van der Waals surface area contributed by atoms with E-state index in [1.165, 1.54) is 12.1 Å². The fourth-order valence-corrected chi connectivity index (χ4v) is 3.94. The summed E-state index contributed by atoms with van der Waals surface area (Å²) in [5.41, 5.74) is 4.39. The number of rotatable bonds is 6. The van der Waals surface area contributed by atoms with Crippen LogP contribution in [0.4, 0.5) is 4.39 Å². The van der Waals surface area contributed by atoms with Gasteiger partial charge in [0.2, 0.25) is 0 Å². The van der Waals surface area contributed by atoms with Crippen LogP contribution in [0, 0.1) is 11.7 Å². The standard InChI is InChI=1S/C23H25FN4O.ClH/c1-28(15-19-14-26-27-22(19)17-6-8-20(24)9-7-17)23(29)21-5-3-2-4-18(21)12-16-10-11-25-13-16;/h2-9,14,16,25H,10-13,15H2,1H3,(H,26,27);1H. The van der Waals surface area contributed by atoms with E-state index in [2.05, 4.69) is 21.6 Å². The van der Waals surface area contributed by atoms with Crippen LogP contribution in [0.1, 0.15) is 27.9 Å². The summed E-state index contributed by atoms with van der Waals surface area (Å²) < 4.78 is 13.2. The van der Waals surface area contributed by atoms with Crippen LogP contribution >= 0.6 is 12.4 Å². The van der Waals surface area contributed by atoms with Gasteiger partial charge >= 0.3 is 0 Å². The molecule has 4 rings (SSSR count). The largest absolute Gasteiger partial charge is 0.337 e. The zero-order valence-corrected chi connectivity index (χ0v) is 17.7. The second-order valence-electron chi connectivity index (χ2n) is 7.66. The number of H-pyrrole nitrogens is 1. The minimum absolute atomic E-state index is 0. The van der Waals surface area contributed by atoms with Crippen LogP contribution < -0.4 is 5.32 Å². The Labute approximate surface area is 182 Å². The molecule has 0 bridgehead atoms. The minimum Gasteiger partial charge on any atom is -0.337 e. The molecule has 7 heteroatoms. The van der Waals surface area contributed by atoms with Crippen LogP contribution in [0.5, 0.6) is 0 Å². The summed E-state index contributed by atoms with van der Waals surface area (Å²) >= 11 is 0. The average Bonchev–Trinajstić information content (AvgIpc) is 3.41. The van der Waals surface area contributed by atoms with Gasteiger partial charge in [0, 0.05) is 30.3 Å². The predicted molar refractivity (Wildman–Crippen MR) is 118 cm³/mol. The number of aromatic amines is 1. The van der Waals surface area contributed by atoms with Gasteiger partial charge in [-0.3, -0.25) is 9.89 Å². The first-order valence-corrected chi connectivity index (χ1v) is 9.94. The van der Waals surface area contributed by atoms with E-state index in [0.29, 0.717) is 12.5 Å². The number of carbonyl (C=O) groups is 1. The molecule has 1 aromatic heterocycles. The van der Waals surface area contributed by atoms with Crippen molar-refractivity contribution in [3.8, 4) is 11.3 Å². The van der Waals surface area contributed by atoms with Crippen LogP contribution in [0.3, 0.4) is 0 Å². The molecule has 1 aliphatic heterocycles. The highest BCUT2D eigenvalue weighted by Gasteiger charge is 2.21. The number of nitrogens with one attached hydrogen (secondary N) is 2. The molecule has 1 saturated heterocycles. The summed E-state index contributed by atoms with van der Waals surface area (Å²) in [6.45, 7) is 2.48. The first kappa shape index (κ1) is 22.0. The van der Waals surface area contributed by atoms with E-state index < -0.39 is 0 Å². The summed E-state index contributed by atoms with van der Waals surface area (Å²) in [5, 5.41) is 10.5. The van der Waals surface area contributed by atoms with Crippen molar-refractivity contribution in [3.63, 3.8) is 0 Å². The maximum atomic E-state index is 13.2. The van der Waals surface area contributed by atoms with Gasteiger partial charge in [-0.15, -0.1) is 12.4 Å². The van der Waals surface area contributed by atoms with Gasteiger partial charge in [0.25, 0.3) is 5.91 Å². The summed E-state index contributed by atoms with van der Waals surface area (Å²) in [6.07, 6.45) is 3.78. The fourth-order valence-electron chi connectivity index (χ4n) is 3.94. The van der Waals surface area contributed by atoms with Gasteiger partial charge < -0.3 is 10.2 Å². The van der Waals surface area contributed by atoms with Crippen LogP contribution in [0.2, 0.25) is 0 Å². The van der Waals surface area contributed by atoms with Crippen LogP contribution in [0.15, 0.2) is 54.7 Å². The van der Waals surface area contributed by atoms with Crippen molar-refractivity contribution in [2.45, 2.75) is 19.4 Å². The molecule has 2 aromatic carbocycles. The maximum absolute atomic E-state index is 13.2. The van der Waals surface area contributed by atoms with Crippen molar-refractivity contribution in [1.82, 2.24) is 20.4 Å². The highest BCUT2D eigenvalue weighted by atomic mass is 35.5. The number of hydrogen-bond acceptors (Lipinski definition) is 3. The summed E-state index contributed by atoms with van der Waals surface area (Å²) in [6, 6.07) is 14.1. The highest BCUT2D eigenvalue weighted by molar-refractivity contribution is 5.95. The number of carbonyl (C=O) groups excluding carboxylic acids is 1. The molecule has 3 aromatic rings. The summed E-state index contributed by atoms with van der Waals surface area (Å²) in [7, 11) is 1.80. The third-order valence-corrected chi connectivity index (χ3v) is 5.52. The number of nitrogens with zero attached hydrogens (tertiary/aromatic N) is 2. The van der Waals surface area contributed by atoms with Crippen molar-refractivity contribution in [3.05, 3.63) is 77.2 Å². The quantitative estimate of drug-likeness (QED) is 0.622. The molecule has 1 fully saturated rings. The zero-order chi connectivity index (χ0) is 20.2. The Hall–Kier alpha value is -2.70. The van der Waals surface area contributed by atoms with E-state index in [1.54, 1.807) is 30.3 Å². The van der Waals surface area contributed by atoms with Crippen molar-refractivity contribution >= 4 is 18.3 Å². The summed E-state index contributed by atoms with van der Waals surface area (Å²) in [5.74, 6) is 0.294. The molecule has 0 aliphatic carbocycles. The molecule has 1 amide bonds. The van der Waals surface area contributed by atoms with E-state index >= 15 is 0 Å². The Morgan fingerprint density at radius 2 is 1.93 bits per heavy atom. The number of benzene rings is 2. The third kappa shape index (κ3) is 4.89. The molecular formula is C23H26ClFN4O. The highest BCUT2D eigenvalue weighted by Crippen LogP contribution is 2.24. The Balaban J connectivity index is 0.00000256. The smallest absolute Gasteiger partial charge is 0.254 e. The van der Waals surface area contributed by atoms with E-state index in [1.807, 2.05) is 18.2 Å². The maximum Gasteiger partial charge on any atom is 0.254 e. The average molecular weight is 429 g/mol. The number of amides is 1. The molecule has 2 N–H and O–H groups in total. The first-order chi connectivity index (χ1) is 14.1. The third-order valence-electron chi connectivity index (χ3n) is 5.52. The van der Waals surface area contributed by atoms with Crippen molar-refractivity contribution < 1.29 is 9.18 Å². The molecule has 0 saturated carbocycles. The van der Waals surface area contributed by atoms with Crippen LogP contribution in [0.25, 0.3) is 11.3 Å². The second kappa shape index (κ2) is 9.87. The van der Waals surface area contributed by atoms with Gasteiger partial charge in [-0.25, -0.2) is 4.39 Å². The molecule has 158 valence electrons. The zero-order valence-electron chi connectivity index (χ0n) is 16.9. The van der Waals surface area contributed by atoms with E-state index in [4.69, 9.17) is 0 Å². The molecule has 0 spiro atoms. The SMILES string of the molecule is CN(Cc1cn[nH]c1-c1ccc(F)cc1)C(=O)c1ccccc1CC1CCNC1.Cl. The fraction of sp³-hybridized carbons (Fsp3) is 0.304. The Morgan fingerprint density at radius 1 is 1.17 bits per heavy atom. The Bertz CT molecular complexity index is 983. The monoisotopic (exact) mass is 428 g/mol. The summed E-state index contributed by atoms with van der Waals surface area (Å²) in [4.78, 5) is 14.9.